The Balaban J connectivity index is 1.68. The van der Waals surface area contributed by atoms with E-state index < -0.39 is 0 Å². The molecule has 100 valence electrons. The van der Waals surface area contributed by atoms with Crippen molar-refractivity contribution in [2.75, 3.05) is 0 Å². The minimum Gasteiger partial charge on any atom is -0.221 e. The third-order valence-electron chi connectivity index (χ3n) is 2.70. The first-order valence-electron chi connectivity index (χ1n) is 6.03. The molecule has 2 heterocycles. The van der Waals surface area contributed by atoms with Crippen molar-refractivity contribution in [1.29, 1.82) is 0 Å². The molecule has 0 radical (unpaired) electrons. The van der Waals surface area contributed by atoms with E-state index in [0.29, 0.717) is 17.1 Å². The van der Waals surface area contributed by atoms with Crippen molar-refractivity contribution in [2.45, 2.75) is 10.8 Å². The summed E-state index contributed by atoms with van der Waals surface area (Å²) in [5, 5.41) is 13.0. The zero-order valence-electron chi connectivity index (χ0n) is 10.5. The Kier molecular flexibility index (Phi) is 3.73. The van der Waals surface area contributed by atoms with Crippen molar-refractivity contribution in [3.63, 3.8) is 0 Å². The van der Waals surface area contributed by atoms with Gasteiger partial charge in [0.05, 0.1) is 0 Å². The maximum atomic E-state index is 13.5. The zero-order valence-corrected chi connectivity index (χ0v) is 11.3. The number of halogens is 1. The second-order valence-electron chi connectivity index (χ2n) is 4.06. The van der Waals surface area contributed by atoms with Gasteiger partial charge in [-0.05, 0) is 29.8 Å². The summed E-state index contributed by atoms with van der Waals surface area (Å²) in [6, 6.07) is 12.3. The third kappa shape index (κ3) is 2.85. The van der Waals surface area contributed by atoms with E-state index in [2.05, 4.69) is 15.3 Å². The SMILES string of the molecule is Fc1ccccc1CSc1ccc(-n2cccn2)nn1. The van der Waals surface area contributed by atoms with Gasteiger partial charge in [-0.2, -0.15) is 5.10 Å². The van der Waals surface area contributed by atoms with Crippen LogP contribution in [0.5, 0.6) is 0 Å². The van der Waals surface area contributed by atoms with Crippen LogP contribution in [0.25, 0.3) is 5.82 Å². The van der Waals surface area contributed by atoms with Gasteiger partial charge in [0.2, 0.25) is 0 Å². The van der Waals surface area contributed by atoms with Gasteiger partial charge in [0.25, 0.3) is 0 Å². The van der Waals surface area contributed by atoms with Crippen LogP contribution in [0.1, 0.15) is 5.56 Å². The Hall–Kier alpha value is -2.21. The van der Waals surface area contributed by atoms with Gasteiger partial charge >= 0.3 is 0 Å². The highest BCUT2D eigenvalue weighted by Crippen LogP contribution is 2.22. The quantitative estimate of drug-likeness (QED) is 0.691. The normalized spacial score (nSPS) is 10.7. The predicted octanol–water partition coefficient (Wildman–Crippen LogP) is 3.09. The van der Waals surface area contributed by atoms with Crippen LogP contribution < -0.4 is 0 Å². The molecule has 6 heteroatoms. The Morgan fingerprint density at radius 1 is 1.05 bits per heavy atom. The van der Waals surface area contributed by atoms with E-state index >= 15 is 0 Å². The highest BCUT2D eigenvalue weighted by Gasteiger charge is 2.04. The van der Waals surface area contributed by atoms with E-state index in [9.17, 15) is 4.39 Å². The molecule has 0 saturated heterocycles. The maximum Gasteiger partial charge on any atom is 0.175 e. The van der Waals surface area contributed by atoms with Crippen LogP contribution in [0.4, 0.5) is 4.39 Å². The van der Waals surface area contributed by atoms with Crippen LogP contribution in [0.3, 0.4) is 0 Å². The molecule has 2 aromatic heterocycles. The van der Waals surface area contributed by atoms with Gasteiger partial charge in [-0.3, -0.25) is 0 Å². The summed E-state index contributed by atoms with van der Waals surface area (Å²) in [6.45, 7) is 0. The van der Waals surface area contributed by atoms with Crippen LogP contribution in [-0.2, 0) is 5.75 Å². The Bertz CT molecular complexity index is 683. The number of thioether (sulfide) groups is 1. The summed E-state index contributed by atoms with van der Waals surface area (Å²) in [7, 11) is 0. The lowest BCUT2D eigenvalue weighted by atomic mass is 10.2. The molecule has 0 bridgehead atoms. The van der Waals surface area contributed by atoms with Crippen molar-refractivity contribution in [1.82, 2.24) is 20.0 Å². The van der Waals surface area contributed by atoms with Gasteiger partial charge in [0.1, 0.15) is 10.8 Å². The molecule has 4 nitrogen and oxygen atoms in total. The average Bonchev–Trinajstić information content (AvgIpc) is 3.01. The van der Waals surface area contributed by atoms with Crippen LogP contribution in [-0.4, -0.2) is 20.0 Å². The van der Waals surface area contributed by atoms with Gasteiger partial charge in [0, 0.05) is 18.1 Å². The van der Waals surface area contributed by atoms with Crippen molar-refractivity contribution in [3.8, 4) is 5.82 Å². The second kappa shape index (κ2) is 5.83. The Morgan fingerprint density at radius 3 is 2.65 bits per heavy atom. The Labute approximate surface area is 119 Å². The highest BCUT2D eigenvalue weighted by atomic mass is 32.2. The lowest BCUT2D eigenvalue weighted by Crippen LogP contribution is -1.99. The summed E-state index contributed by atoms with van der Waals surface area (Å²) in [5.74, 6) is 0.994. The lowest BCUT2D eigenvalue weighted by molar-refractivity contribution is 0.617. The summed E-state index contributed by atoms with van der Waals surface area (Å²) in [4.78, 5) is 0. The number of rotatable bonds is 4. The summed E-state index contributed by atoms with van der Waals surface area (Å²) in [6.07, 6.45) is 3.48. The van der Waals surface area contributed by atoms with Gasteiger partial charge in [-0.1, -0.05) is 30.0 Å². The number of benzene rings is 1. The van der Waals surface area contributed by atoms with Crippen molar-refractivity contribution in [2.24, 2.45) is 0 Å². The van der Waals surface area contributed by atoms with Gasteiger partial charge in [0.15, 0.2) is 5.82 Å². The smallest absolute Gasteiger partial charge is 0.175 e. The van der Waals surface area contributed by atoms with Crippen LogP contribution >= 0.6 is 11.8 Å². The van der Waals surface area contributed by atoms with E-state index in [1.165, 1.54) is 17.8 Å². The molecular weight excluding hydrogens is 275 g/mol. The van der Waals surface area contributed by atoms with Crippen molar-refractivity contribution < 1.29 is 4.39 Å². The molecule has 0 aliphatic heterocycles. The molecule has 0 N–H and O–H groups in total. The Morgan fingerprint density at radius 2 is 1.95 bits per heavy atom. The molecule has 1 aromatic carbocycles. The molecule has 0 aliphatic rings. The number of hydrogen-bond acceptors (Lipinski definition) is 4. The average molecular weight is 286 g/mol. The molecule has 0 amide bonds. The maximum absolute atomic E-state index is 13.5. The van der Waals surface area contributed by atoms with E-state index in [-0.39, 0.29) is 5.82 Å². The summed E-state index contributed by atoms with van der Waals surface area (Å²) in [5.41, 5.74) is 0.662. The summed E-state index contributed by atoms with van der Waals surface area (Å²) >= 11 is 1.45. The third-order valence-corrected chi connectivity index (χ3v) is 3.67. The molecule has 0 fully saturated rings. The predicted molar refractivity (Wildman–Crippen MR) is 75.1 cm³/mol. The molecular formula is C14H11FN4S. The molecule has 3 rings (SSSR count). The van der Waals surface area contributed by atoms with E-state index in [1.807, 2.05) is 24.3 Å². The van der Waals surface area contributed by atoms with Crippen LogP contribution in [0, 0.1) is 5.82 Å². The van der Waals surface area contributed by atoms with E-state index in [0.717, 1.165) is 5.03 Å². The van der Waals surface area contributed by atoms with E-state index in [1.54, 1.807) is 29.2 Å². The van der Waals surface area contributed by atoms with Gasteiger partial charge in [-0.15, -0.1) is 10.2 Å². The number of nitrogens with zero attached hydrogens (tertiary/aromatic N) is 4. The van der Waals surface area contributed by atoms with Crippen molar-refractivity contribution >= 4 is 11.8 Å². The monoisotopic (exact) mass is 286 g/mol. The number of hydrogen-bond donors (Lipinski definition) is 0. The van der Waals surface area contributed by atoms with Crippen molar-refractivity contribution in [3.05, 3.63) is 66.2 Å². The van der Waals surface area contributed by atoms with Crippen LogP contribution in [0.15, 0.2) is 59.9 Å². The first-order valence-corrected chi connectivity index (χ1v) is 7.01. The summed E-state index contributed by atoms with van der Waals surface area (Å²) < 4.78 is 15.1. The zero-order chi connectivity index (χ0) is 13.8. The first kappa shape index (κ1) is 12.8. The fourth-order valence-corrected chi connectivity index (χ4v) is 2.48. The molecule has 0 saturated carbocycles. The molecule has 0 atom stereocenters. The molecule has 0 unspecified atom stereocenters. The number of aromatic nitrogens is 4. The topological polar surface area (TPSA) is 43.6 Å². The largest absolute Gasteiger partial charge is 0.221 e. The minimum atomic E-state index is -0.193. The van der Waals surface area contributed by atoms with E-state index in [4.69, 9.17) is 0 Å². The lowest BCUT2D eigenvalue weighted by Gasteiger charge is -2.03. The minimum absolute atomic E-state index is 0.193. The highest BCUT2D eigenvalue weighted by molar-refractivity contribution is 7.98. The van der Waals surface area contributed by atoms with Gasteiger partial charge in [-0.25, -0.2) is 9.07 Å². The fraction of sp³-hybridized carbons (Fsp3) is 0.0714. The molecule has 0 spiro atoms. The van der Waals surface area contributed by atoms with Crippen LogP contribution in [0.2, 0.25) is 0 Å². The first-order chi connectivity index (χ1) is 9.83. The molecule has 3 aromatic rings. The van der Waals surface area contributed by atoms with Gasteiger partial charge < -0.3 is 0 Å². The standard InChI is InChI=1S/C14H11FN4S/c15-12-5-2-1-4-11(12)10-20-14-7-6-13(17-18-14)19-9-3-8-16-19/h1-9H,10H2. The molecule has 20 heavy (non-hydrogen) atoms. The fourth-order valence-electron chi connectivity index (χ4n) is 1.68. The molecule has 0 aliphatic carbocycles. The second-order valence-corrected chi connectivity index (χ2v) is 5.06.